The van der Waals surface area contributed by atoms with E-state index in [0.29, 0.717) is 30.7 Å². The number of methoxy groups -OCH3 is 1. The number of carbonyl (C=O) groups is 1. The molecule has 0 atom stereocenters. The van der Waals surface area contributed by atoms with E-state index in [2.05, 4.69) is 42.1 Å². The maximum atomic E-state index is 12.6. The highest BCUT2D eigenvalue weighted by atomic mass is 32.2. The third-order valence-electron chi connectivity index (χ3n) is 3.89. The molecular formula is C17H28N2O4S. The van der Waals surface area contributed by atoms with Crippen LogP contribution in [0.5, 0.6) is 0 Å². The van der Waals surface area contributed by atoms with Gasteiger partial charge in [0.2, 0.25) is 10.0 Å². The third-order valence-corrected chi connectivity index (χ3v) is 5.49. The van der Waals surface area contributed by atoms with Gasteiger partial charge >= 0.3 is 5.97 Å². The monoisotopic (exact) mass is 356 g/mol. The van der Waals surface area contributed by atoms with E-state index in [4.69, 9.17) is 0 Å². The Labute approximate surface area is 145 Å². The molecule has 0 saturated carbocycles. The van der Waals surface area contributed by atoms with Crippen molar-refractivity contribution in [1.29, 1.82) is 0 Å². The summed E-state index contributed by atoms with van der Waals surface area (Å²) < 4.78 is 32.4. The number of sulfonamides is 1. The minimum Gasteiger partial charge on any atom is -0.465 e. The van der Waals surface area contributed by atoms with Crippen LogP contribution in [0.4, 0.5) is 0 Å². The summed E-state index contributed by atoms with van der Waals surface area (Å²) in [6, 6.07) is 5.18. The number of ether oxygens (including phenoxy) is 1. The van der Waals surface area contributed by atoms with E-state index in [9.17, 15) is 13.2 Å². The molecule has 0 saturated heterocycles. The second-order valence-corrected chi connectivity index (χ2v) is 8.03. The summed E-state index contributed by atoms with van der Waals surface area (Å²) in [7, 11) is -2.42. The fraction of sp³-hybridized carbons (Fsp3) is 0.588. The van der Waals surface area contributed by atoms with Crippen LogP contribution in [0.15, 0.2) is 23.1 Å². The zero-order valence-electron chi connectivity index (χ0n) is 15.3. The number of carbonyl (C=O) groups excluding carboxylic acids is 1. The average molecular weight is 356 g/mol. The Kier molecular flexibility index (Phi) is 7.38. The predicted octanol–water partition coefficient (Wildman–Crippen LogP) is 2.18. The minimum atomic E-state index is -3.69. The first-order valence-electron chi connectivity index (χ1n) is 8.04. The number of hydrogen-bond donors (Lipinski definition) is 1. The number of nitrogens with one attached hydrogen (secondary N) is 1. The standard InChI is InChI=1S/C17H28N2O4S/c1-12(2)19(13(3)4)10-9-18-24(21,22)16-11-15(17(20)23-6)8-7-14(16)5/h7-8,11-13,18H,9-10H2,1-6H3. The number of rotatable bonds is 8. The topological polar surface area (TPSA) is 75.7 Å². The normalized spacial score (nSPS) is 12.2. The molecule has 0 aliphatic carbocycles. The Morgan fingerprint density at radius 1 is 1.21 bits per heavy atom. The molecule has 1 aromatic carbocycles. The Morgan fingerprint density at radius 2 is 1.79 bits per heavy atom. The zero-order valence-corrected chi connectivity index (χ0v) is 16.1. The average Bonchev–Trinajstić information content (AvgIpc) is 2.50. The molecule has 0 fully saturated rings. The van der Waals surface area contributed by atoms with Crippen molar-refractivity contribution in [2.75, 3.05) is 20.2 Å². The summed E-state index contributed by atoms with van der Waals surface area (Å²) in [5.74, 6) is -0.558. The molecule has 1 aromatic rings. The van der Waals surface area contributed by atoms with Gasteiger partial charge in [-0.25, -0.2) is 17.9 Å². The van der Waals surface area contributed by atoms with Crippen LogP contribution < -0.4 is 4.72 Å². The van der Waals surface area contributed by atoms with Crippen molar-refractivity contribution in [2.24, 2.45) is 0 Å². The van der Waals surface area contributed by atoms with E-state index in [1.807, 2.05) is 0 Å². The quantitative estimate of drug-likeness (QED) is 0.723. The molecule has 0 aliphatic rings. The highest BCUT2D eigenvalue weighted by Gasteiger charge is 2.20. The van der Waals surface area contributed by atoms with Crippen molar-refractivity contribution in [1.82, 2.24) is 9.62 Å². The van der Waals surface area contributed by atoms with Crippen LogP contribution in [0, 0.1) is 6.92 Å². The van der Waals surface area contributed by atoms with Gasteiger partial charge in [0.15, 0.2) is 0 Å². The summed E-state index contributed by atoms with van der Waals surface area (Å²) >= 11 is 0. The van der Waals surface area contributed by atoms with E-state index in [1.54, 1.807) is 19.1 Å². The molecular weight excluding hydrogens is 328 g/mol. The smallest absolute Gasteiger partial charge is 0.337 e. The Hall–Kier alpha value is -1.44. The van der Waals surface area contributed by atoms with Gasteiger partial charge in [0.1, 0.15) is 0 Å². The lowest BCUT2D eigenvalue weighted by Gasteiger charge is -2.30. The van der Waals surface area contributed by atoms with Crippen LogP contribution in [0.1, 0.15) is 43.6 Å². The van der Waals surface area contributed by atoms with Gasteiger partial charge in [-0.1, -0.05) is 6.07 Å². The van der Waals surface area contributed by atoms with Crippen LogP contribution in [-0.4, -0.2) is 51.6 Å². The second kappa shape index (κ2) is 8.60. The summed E-state index contributed by atoms with van der Waals surface area (Å²) in [5, 5.41) is 0. The first-order valence-corrected chi connectivity index (χ1v) is 9.52. The maximum Gasteiger partial charge on any atom is 0.337 e. The van der Waals surface area contributed by atoms with Crippen molar-refractivity contribution in [3.05, 3.63) is 29.3 Å². The summed E-state index contributed by atoms with van der Waals surface area (Å²) in [6.45, 7) is 10.9. The molecule has 0 aromatic heterocycles. The number of nitrogens with zero attached hydrogens (tertiary/aromatic N) is 1. The second-order valence-electron chi connectivity index (χ2n) is 6.29. The van der Waals surface area contributed by atoms with Crippen molar-refractivity contribution < 1.29 is 17.9 Å². The maximum absolute atomic E-state index is 12.6. The lowest BCUT2D eigenvalue weighted by atomic mass is 10.1. The highest BCUT2D eigenvalue weighted by molar-refractivity contribution is 7.89. The first kappa shape index (κ1) is 20.6. The van der Waals surface area contributed by atoms with Gasteiger partial charge < -0.3 is 4.74 Å². The van der Waals surface area contributed by atoms with E-state index >= 15 is 0 Å². The van der Waals surface area contributed by atoms with Crippen molar-refractivity contribution >= 4 is 16.0 Å². The van der Waals surface area contributed by atoms with Crippen molar-refractivity contribution in [3.63, 3.8) is 0 Å². The van der Waals surface area contributed by atoms with Crippen molar-refractivity contribution in [2.45, 2.75) is 51.6 Å². The van der Waals surface area contributed by atoms with Gasteiger partial charge in [-0.05, 0) is 52.3 Å². The van der Waals surface area contributed by atoms with E-state index in [1.165, 1.54) is 13.2 Å². The predicted molar refractivity (Wildman–Crippen MR) is 94.7 cm³/mol. The molecule has 0 bridgehead atoms. The third kappa shape index (κ3) is 5.29. The minimum absolute atomic E-state index is 0.103. The fourth-order valence-corrected chi connectivity index (χ4v) is 3.92. The molecule has 0 unspecified atom stereocenters. The molecule has 7 heteroatoms. The molecule has 6 nitrogen and oxygen atoms in total. The largest absolute Gasteiger partial charge is 0.465 e. The summed E-state index contributed by atoms with van der Waals surface area (Å²) in [5.41, 5.74) is 0.800. The zero-order chi connectivity index (χ0) is 18.5. The van der Waals surface area contributed by atoms with E-state index in [-0.39, 0.29) is 10.5 Å². The van der Waals surface area contributed by atoms with Gasteiger partial charge in [0.25, 0.3) is 0 Å². The van der Waals surface area contributed by atoms with Gasteiger partial charge in [-0.3, -0.25) is 4.90 Å². The Morgan fingerprint density at radius 3 is 2.29 bits per heavy atom. The first-order chi connectivity index (χ1) is 11.1. The Balaban J connectivity index is 2.91. The molecule has 0 heterocycles. The van der Waals surface area contributed by atoms with Crippen molar-refractivity contribution in [3.8, 4) is 0 Å². The van der Waals surface area contributed by atoms with Crippen LogP contribution >= 0.6 is 0 Å². The van der Waals surface area contributed by atoms with Gasteiger partial charge in [0, 0.05) is 25.2 Å². The number of aryl methyl sites for hydroxylation is 1. The summed E-state index contributed by atoms with van der Waals surface area (Å²) in [4.78, 5) is 13.9. The van der Waals surface area contributed by atoms with Crippen LogP contribution in [0.2, 0.25) is 0 Å². The lowest BCUT2D eigenvalue weighted by molar-refractivity contribution is 0.0600. The SMILES string of the molecule is COC(=O)c1ccc(C)c(S(=O)(=O)NCCN(C(C)C)C(C)C)c1. The number of benzene rings is 1. The summed E-state index contributed by atoms with van der Waals surface area (Å²) in [6.07, 6.45) is 0. The molecule has 1 N–H and O–H groups in total. The molecule has 1 rings (SSSR count). The van der Waals surface area contributed by atoms with E-state index in [0.717, 1.165) is 0 Å². The van der Waals surface area contributed by atoms with Gasteiger partial charge in [-0.15, -0.1) is 0 Å². The fourth-order valence-electron chi connectivity index (χ4n) is 2.63. The molecule has 0 amide bonds. The molecule has 0 spiro atoms. The molecule has 136 valence electrons. The van der Waals surface area contributed by atoms with Crippen LogP contribution in [-0.2, 0) is 14.8 Å². The lowest BCUT2D eigenvalue weighted by Crippen LogP contribution is -2.42. The highest BCUT2D eigenvalue weighted by Crippen LogP contribution is 2.17. The molecule has 24 heavy (non-hydrogen) atoms. The van der Waals surface area contributed by atoms with E-state index < -0.39 is 16.0 Å². The molecule has 0 aliphatic heterocycles. The number of hydrogen-bond acceptors (Lipinski definition) is 5. The molecule has 0 radical (unpaired) electrons. The van der Waals surface area contributed by atoms with Crippen LogP contribution in [0.25, 0.3) is 0 Å². The van der Waals surface area contributed by atoms with Crippen LogP contribution in [0.3, 0.4) is 0 Å². The Bertz CT molecular complexity index is 661. The number of esters is 1. The van der Waals surface area contributed by atoms with Gasteiger partial charge in [-0.2, -0.15) is 0 Å². The van der Waals surface area contributed by atoms with Gasteiger partial charge in [0.05, 0.1) is 17.6 Å².